The van der Waals surface area contributed by atoms with Crippen LogP contribution in [0.3, 0.4) is 0 Å². The summed E-state index contributed by atoms with van der Waals surface area (Å²) < 4.78 is 3.86. The van der Waals surface area contributed by atoms with Crippen LogP contribution >= 0.6 is 43.2 Å². The minimum absolute atomic E-state index is 0.771. The summed E-state index contributed by atoms with van der Waals surface area (Å²) in [6.07, 6.45) is 1.60. The van der Waals surface area contributed by atoms with Gasteiger partial charge in [0.05, 0.1) is 9.47 Å². The molecule has 8 heteroatoms. The Balaban J connectivity index is 1.78. The van der Waals surface area contributed by atoms with Gasteiger partial charge in [0.2, 0.25) is 0 Å². The number of benzene rings is 1. The highest BCUT2D eigenvalue weighted by molar-refractivity contribution is 9.13. The molecule has 0 spiro atoms. The molecule has 2 aromatic heterocycles. The monoisotopic (exact) mass is 427 g/mol. The number of tetrazole rings is 1. The summed E-state index contributed by atoms with van der Waals surface area (Å²) in [5.74, 6) is 0. The second kappa shape index (κ2) is 6.25. The molecule has 0 bridgehead atoms. The molecule has 0 unspecified atom stereocenters. The Bertz CT molecular complexity index is 735. The van der Waals surface area contributed by atoms with Gasteiger partial charge in [-0.1, -0.05) is 6.07 Å². The first-order valence-corrected chi connectivity index (χ1v) is 8.55. The number of hydrogen-bond donors (Lipinski definition) is 1. The Kier molecular flexibility index (Phi) is 4.37. The molecule has 1 N–H and O–H groups in total. The zero-order valence-corrected chi connectivity index (χ0v) is 15.0. The Morgan fingerprint density at radius 3 is 2.81 bits per heavy atom. The van der Waals surface area contributed by atoms with Crippen LogP contribution in [0.25, 0.3) is 5.69 Å². The number of aryl methyl sites for hydroxylation is 1. The van der Waals surface area contributed by atoms with Crippen molar-refractivity contribution in [3.8, 4) is 5.69 Å². The maximum atomic E-state index is 3.94. The summed E-state index contributed by atoms with van der Waals surface area (Å²) in [7, 11) is 0. The zero-order chi connectivity index (χ0) is 14.8. The van der Waals surface area contributed by atoms with Crippen LogP contribution in [0.1, 0.15) is 10.4 Å². The molecule has 108 valence electrons. The van der Waals surface area contributed by atoms with Gasteiger partial charge in [0.1, 0.15) is 6.33 Å². The number of aromatic nitrogens is 4. The summed E-state index contributed by atoms with van der Waals surface area (Å²) in [5.41, 5.74) is 3.12. The number of nitrogens with one attached hydrogen (secondary N) is 1. The molecule has 2 heterocycles. The van der Waals surface area contributed by atoms with E-state index in [-0.39, 0.29) is 0 Å². The van der Waals surface area contributed by atoms with E-state index in [0.717, 1.165) is 31.7 Å². The standard InChI is InChI=1S/C13H11Br2N5S/c1-8-2-3-9(4-12(8)20-7-17-18-19-20)16-6-10-5-11(14)13(15)21-10/h2-5,7,16H,6H2,1H3. The largest absolute Gasteiger partial charge is 0.380 e. The first-order valence-electron chi connectivity index (χ1n) is 6.15. The van der Waals surface area contributed by atoms with Gasteiger partial charge in [-0.3, -0.25) is 0 Å². The highest BCUT2D eigenvalue weighted by Crippen LogP contribution is 2.32. The van der Waals surface area contributed by atoms with Gasteiger partial charge >= 0.3 is 0 Å². The van der Waals surface area contributed by atoms with Crippen LogP contribution in [0.5, 0.6) is 0 Å². The third kappa shape index (κ3) is 3.33. The van der Waals surface area contributed by atoms with Crippen LogP contribution in [0, 0.1) is 6.92 Å². The number of halogens is 2. The van der Waals surface area contributed by atoms with E-state index in [1.807, 2.05) is 13.0 Å². The van der Waals surface area contributed by atoms with Gasteiger partial charge in [-0.15, -0.1) is 16.4 Å². The maximum absolute atomic E-state index is 3.94. The molecule has 0 radical (unpaired) electrons. The van der Waals surface area contributed by atoms with Crippen molar-refractivity contribution in [2.45, 2.75) is 13.5 Å². The van der Waals surface area contributed by atoms with Gasteiger partial charge in [0.25, 0.3) is 0 Å². The average molecular weight is 429 g/mol. The van der Waals surface area contributed by atoms with Gasteiger partial charge in [0, 0.05) is 21.6 Å². The van der Waals surface area contributed by atoms with Crippen molar-refractivity contribution in [1.29, 1.82) is 0 Å². The van der Waals surface area contributed by atoms with Crippen molar-refractivity contribution >= 4 is 48.9 Å². The van der Waals surface area contributed by atoms with E-state index < -0.39 is 0 Å². The smallest absolute Gasteiger partial charge is 0.143 e. The van der Waals surface area contributed by atoms with E-state index >= 15 is 0 Å². The lowest BCUT2D eigenvalue weighted by Crippen LogP contribution is -2.02. The fourth-order valence-corrected chi connectivity index (χ4v) is 4.02. The Hall–Kier alpha value is -1.25. The molecular weight excluding hydrogens is 418 g/mol. The highest BCUT2D eigenvalue weighted by Gasteiger charge is 2.06. The molecule has 0 aliphatic heterocycles. The summed E-state index contributed by atoms with van der Waals surface area (Å²) in [6, 6.07) is 8.27. The van der Waals surface area contributed by atoms with E-state index in [1.165, 1.54) is 4.88 Å². The summed E-state index contributed by atoms with van der Waals surface area (Å²) in [5, 5.41) is 14.7. The van der Waals surface area contributed by atoms with Gasteiger partial charge in [0.15, 0.2) is 0 Å². The van der Waals surface area contributed by atoms with Gasteiger partial charge in [-0.25, -0.2) is 4.68 Å². The lowest BCUT2D eigenvalue weighted by atomic mass is 10.2. The van der Waals surface area contributed by atoms with Crippen LogP contribution in [0.4, 0.5) is 5.69 Å². The number of nitrogens with zero attached hydrogens (tertiary/aromatic N) is 4. The van der Waals surface area contributed by atoms with Gasteiger partial charge < -0.3 is 5.32 Å². The molecular formula is C13H11Br2N5S. The third-order valence-electron chi connectivity index (χ3n) is 2.97. The molecule has 5 nitrogen and oxygen atoms in total. The minimum Gasteiger partial charge on any atom is -0.380 e. The van der Waals surface area contributed by atoms with Crippen molar-refractivity contribution in [2.24, 2.45) is 0 Å². The number of anilines is 1. The lowest BCUT2D eigenvalue weighted by molar-refractivity contribution is 0.785. The van der Waals surface area contributed by atoms with E-state index in [2.05, 4.69) is 70.9 Å². The topological polar surface area (TPSA) is 55.6 Å². The molecule has 3 rings (SSSR count). The second-order valence-corrected chi connectivity index (χ2v) is 7.75. The molecule has 0 saturated heterocycles. The first-order chi connectivity index (χ1) is 10.1. The normalized spacial score (nSPS) is 10.8. The van der Waals surface area contributed by atoms with Gasteiger partial charge in [-0.2, -0.15) is 0 Å². The van der Waals surface area contributed by atoms with Crippen LogP contribution in [-0.2, 0) is 6.54 Å². The van der Waals surface area contributed by atoms with E-state index in [0.29, 0.717) is 0 Å². The molecule has 0 saturated carbocycles. The second-order valence-electron chi connectivity index (χ2n) is 4.44. The van der Waals surface area contributed by atoms with Crippen molar-refractivity contribution in [3.63, 3.8) is 0 Å². The number of rotatable bonds is 4. The number of hydrogen-bond acceptors (Lipinski definition) is 5. The fraction of sp³-hybridized carbons (Fsp3) is 0.154. The zero-order valence-electron chi connectivity index (χ0n) is 11.0. The Morgan fingerprint density at radius 2 is 2.14 bits per heavy atom. The van der Waals surface area contributed by atoms with Crippen molar-refractivity contribution in [1.82, 2.24) is 20.2 Å². The SMILES string of the molecule is Cc1ccc(NCc2cc(Br)c(Br)s2)cc1-n1cnnn1. The van der Waals surface area contributed by atoms with E-state index in [9.17, 15) is 0 Å². The molecule has 21 heavy (non-hydrogen) atoms. The summed E-state index contributed by atoms with van der Waals surface area (Å²) in [4.78, 5) is 1.25. The van der Waals surface area contributed by atoms with E-state index in [1.54, 1.807) is 22.3 Å². The Morgan fingerprint density at radius 1 is 1.29 bits per heavy atom. The third-order valence-corrected chi connectivity index (χ3v) is 6.22. The van der Waals surface area contributed by atoms with Crippen LogP contribution in [0.15, 0.2) is 38.9 Å². The minimum atomic E-state index is 0.771. The van der Waals surface area contributed by atoms with Crippen LogP contribution in [-0.4, -0.2) is 20.2 Å². The molecule has 0 atom stereocenters. The summed E-state index contributed by atoms with van der Waals surface area (Å²) >= 11 is 8.72. The molecule has 1 aromatic carbocycles. The molecule has 0 aliphatic rings. The lowest BCUT2D eigenvalue weighted by Gasteiger charge is -2.09. The van der Waals surface area contributed by atoms with Crippen molar-refractivity contribution in [3.05, 3.63) is 49.3 Å². The van der Waals surface area contributed by atoms with E-state index in [4.69, 9.17) is 0 Å². The fourth-order valence-electron chi connectivity index (χ4n) is 1.91. The van der Waals surface area contributed by atoms with Crippen LogP contribution < -0.4 is 5.32 Å². The molecule has 0 amide bonds. The predicted molar refractivity (Wildman–Crippen MR) is 90.9 cm³/mol. The molecule has 0 aliphatic carbocycles. The van der Waals surface area contributed by atoms with Crippen LogP contribution in [0.2, 0.25) is 0 Å². The summed E-state index contributed by atoms with van der Waals surface area (Å²) in [6.45, 7) is 2.81. The number of thiophene rings is 1. The highest BCUT2D eigenvalue weighted by atomic mass is 79.9. The Labute approximate surface area is 142 Å². The molecule has 3 aromatic rings. The molecule has 0 fully saturated rings. The average Bonchev–Trinajstić information content (AvgIpc) is 3.09. The van der Waals surface area contributed by atoms with Crippen molar-refractivity contribution in [2.75, 3.05) is 5.32 Å². The van der Waals surface area contributed by atoms with Crippen molar-refractivity contribution < 1.29 is 0 Å². The quantitative estimate of drug-likeness (QED) is 0.677. The first kappa shape index (κ1) is 14.7. The van der Waals surface area contributed by atoms with Gasteiger partial charge in [-0.05, 0) is 73.0 Å². The predicted octanol–water partition coefficient (Wildman–Crippen LogP) is 4.17. The maximum Gasteiger partial charge on any atom is 0.143 e.